The molecule has 3 nitrogen and oxygen atoms in total. The van der Waals surface area contributed by atoms with Gasteiger partial charge in [-0.15, -0.1) is 0 Å². The molecule has 1 rings (SSSR count). The van der Waals surface area contributed by atoms with E-state index in [9.17, 15) is 5.11 Å². The van der Waals surface area contributed by atoms with Gasteiger partial charge in [0.25, 0.3) is 0 Å². The Hall–Kier alpha value is -0.580. The molecular weight excluding hydrogens is 292 g/mol. The molecule has 18 heavy (non-hydrogen) atoms. The van der Waals surface area contributed by atoms with E-state index in [0.717, 1.165) is 23.2 Å². The lowest BCUT2D eigenvalue weighted by atomic mass is 10.1. The topological polar surface area (TPSA) is 35.5 Å². The van der Waals surface area contributed by atoms with Crippen molar-refractivity contribution in [3.63, 3.8) is 0 Å². The molecule has 0 bridgehead atoms. The van der Waals surface area contributed by atoms with Gasteiger partial charge in [-0.05, 0) is 61.4 Å². The highest BCUT2D eigenvalue weighted by atomic mass is 79.9. The summed E-state index contributed by atoms with van der Waals surface area (Å²) in [5.74, 6) is 0. The second kappa shape index (κ2) is 6.55. The van der Waals surface area contributed by atoms with Crippen molar-refractivity contribution in [3.05, 3.63) is 28.2 Å². The second-order valence-electron chi connectivity index (χ2n) is 5.14. The van der Waals surface area contributed by atoms with E-state index < -0.39 is 5.60 Å². The van der Waals surface area contributed by atoms with E-state index in [1.807, 2.05) is 20.9 Å². The van der Waals surface area contributed by atoms with E-state index in [2.05, 4.69) is 51.3 Å². The third-order valence-corrected chi connectivity index (χ3v) is 3.33. The summed E-state index contributed by atoms with van der Waals surface area (Å²) >= 11 is 3.62. The van der Waals surface area contributed by atoms with Crippen molar-refractivity contribution in [1.82, 2.24) is 5.32 Å². The summed E-state index contributed by atoms with van der Waals surface area (Å²) in [6.07, 6.45) is 0. The summed E-state index contributed by atoms with van der Waals surface area (Å²) < 4.78 is 1.07. The van der Waals surface area contributed by atoms with Crippen molar-refractivity contribution < 1.29 is 5.11 Å². The first-order valence-electron chi connectivity index (χ1n) is 6.27. The molecule has 0 saturated carbocycles. The summed E-state index contributed by atoms with van der Waals surface area (Å²) in [5.41, 5.74) is 1.67. The standard InChI is InChI=1S/C14H23BrN2O/c1-5-17(10-14(2,3)18)13-7-6-11(9-16-4)8-12(13)15/h6-8,16,18H,5,9-10H2,1-4H3. The summed E-state index contributed by atoms with van der Waals surface area (Å²) in [6, 6.07) is 6.34. The number of halogens is 1. The van der Waals surface area contributed by atoms with Crippen molar-refractivity contribution in [1.29, 1.82) is 0 Å². The zero-order valence-electron chi connectivity index (χ0n) is 11.6. The Morgan fingerprint density at radius 1 is 1.39 bits per heavy atom. The van der Waals surface area contributed by atoms with Crippen LogP contribution in [0.2, 0.25) is 0 Å². The van der Waals surface area contributed by atoms with Gasteiger partial charge in [0.15, 0.2) is 0 Å². The highest BCUT2D eigenvalue weighted by Crippen LogP contribution is 2.28. The number of benzene rings is 1. The lowest BCUT2D eigenvalue weighted by Crippen LogP contribution is -2.38. The molecule has 0 fully saturated rings. The number of nitrogens with zero attached hydrogens (tertiary/aromatic N) is 1. The fourth-order valence-corrected chi connectivity index (χ4v) is 2.63. The number of nitrogens with one attached hydrogen (secondary N) is 1. The van der Waals surface area contributed by atoms with Crippen LogP contribution in [-0.4, -0.2) is 30.8 Å². The van der Waals surface area contributed by atoms with Gasteiger partial charge in [0.2, 0.25) is 0 Å². The van der Waals surface area contributed by atoms with Gasteiger partial charge in [0, 0.05) is 24.1 Å². The zero-order valence-corrected chi connectivity index (χ0v) is 13.2. The van der Waals surface area contributed by atoms with Crippen LogP contribution in [0.3, 0.4) is 0 Å². The minimum absolute atomic E-state index is 0.619. The van der Waals surface area contributed by atoms with Crippen LogP contribution in [0, 0.1) is 0 Å². The molecule has 0 aromatic heterocycles. The maximum atomic E-state index is 9.94. The summed E-state index contributed by atoms with van der Waals surface area (Å²) in [4.78, 5) is 2.17. The summed E-state index contributed by atoms with van der Waals surface area (Å²) in [7, 11) is 1.94. The maximum Gasteiger partial charge on any atom is 0.0765 e. The Balaban J connectivity index is 2.93. The van der Waals surface area contributed by atoms with Crippen LogP contribution in [0.15, 0.2) is 22.7 Å². The lowest BCUT2D eigenvalue weighted by Gasteiger charge is -2.30. The first kappa shape index (κ1) is 15.5. The SMILES string of the molecule is CCN(CC(C)(C)O)c1ccc(CNC)cc1Br. The first-order chi connectivity index (χ1) is 8.37. The minimum Gasteiger partial charge on any atom is -0.389 e. The van der Waals surface area contributed by atoms with E-state index >= 15 is 0 Å². The van der Waals surface area contributed by atoms with Gasteiger partial charge in [-0.1, -0.05) is 6.07 Å². The van der Waals surface area contributed by atoms with Crippen LogP contribution in [-0.2, 0) is 6.54 Å². The molecule has 0 aliphatic heterocycles. The predicted octanol–water partition coefficient (Wildman–Crippen LogP) is 2.77. The van der Waals surface area contributed by atoms with E-state index in [1.165, 1.54) is 5.56 Å². The van der Waals surface area contributed by atoms with Gasteiger partial charge in [0.05, 0.1) is 11.3 Å². The number of aliphatic hydroxyl groups is 1. The molecule has 0 aliphatic carbocycles. The number of rotatable bonds is 6. The molecule has 4 heteroatoms. The third-order valence-electron chi connectivity index (χ3n) is 2.69. The van der Waals surface area contributed by atoms with Crippen molar-refractivity contribution >= 4 is 21.6 Å². The molecule has 1 aromatic rings. The number of anilines is 1. The van der Waals surface area contributed by atoms with E-state index in [-0.39, 0.29) is 0 Å². The second-order valence-corrected chi connectivity index (χ2v) is 6.00. The van der Waals surface area contributed by atoms with E-state index in [0.29, 0.717) is 6.54 Å². The summed E-state index contributed by atoms with van der Waals surface area (Å²) in [6.45, 7) is 8.11. The van der Waals surface area contributed by atoms with Gasteiger partial charge in [-0.25, -0.2) is 0 Å². The van der Waals surface area contributed by atoms with Crippen LogP contribution >= 0.6 is 15.9 Å². The zero-order chi connectivity index (χ0) is 13.8. The van der Waals surface area contributed by atoms with Crippen molar-refractivity contribution in [2.24, 2.45) is 0 Å². The molecule has 0 saturated heterocycles. The molecule has 1 aromatic carbocycles. The van der Waals surface area contributed by atoms with Crippen molar-refractivity contribution in [2.45, 2.75) is 32.9 Å². The molecule has 102 valence electrons. The lowest BCUT2D eigenvalue weighted by molar-refractivity contribution is 0.0875. The van der Waals surface area contributed by atoms with Crippen molar-refractivity contribution in [3.8, 4) is 0 Å². The Bertz CT molecular complexity index is 388. The molecule has 0 radical (unpaired) electrons. The fourth-order valence-electron chi connectivity index (χ4n) is 1.96. The monoisotopic (exact) mass is 314 g/mol. The molecular formula is C14H23BrN2O. The van der Waals surface area contributed by atoms with Gasteiger partial charge < -0.3 is 15.3 Å². The van der Waals surface area contributed by atoms with E-state index in [1.54, 1.807) is 0 Å². The number of likely N-dealkylation sites (N-methyl/N-ethyl adjacent to an activating group) is 1. The van der Waals surface area contributed by atoms with Gasteiger partial charge in [-0.2, -0.15) is 0 Å². The van der Waals surface area contributed by atoms with Gasteiger partial charge in [0.1, 0.15) is 0 Å². The number of hydrogen-bond donors (Lipinski definition) is 2. The molecule has 0 unspecified atom stereocenters. The average molecular weight is 315 g/mol. The Kier molecular flexibility index (Phi) is 5.63. The Morgan fingerprint density at radius 2 is 2.06 bits per heavy atom. The molecule has 0 aliphatic rings. The van der Waals surface area contributed by atoms with Crippen LogP contribution in [0.25, 0.3) is 0 Å². The molecule has 2 N–H and O–H groups in total. The third kappa shape index (κ3) is 4.59. The van der Waals surface area contributed by atoms with Crippen LogP contribution in [0.1, 0.15) is 26.3 Å². The highest BCUT2D eigenvalue weighted by molar-refractivity contribution is 9.10. The van der Waals surface area contributed by atoms with E-state index in [4.69, 9.17) is 0 Å². The maximum absolute atomic E-state index is 9.94. The molecule has 0 heterocycles. The normalized spacial score (nSPS) is 11.7. The predicted molar refractivity (Wildman–Crippen MR) is 81.1 cm³/mol. The van der Waals surface area contributed by atoms with Gasteiger partial charge in [-0.3, -0.25) is 0 Å². The fraction of sp³-hybridized carbons (Fsp3) is 0.571. The Morgan fingerprint density at radius 3 is 2.50 bits per heavy atom. The summed E-state index contributed by atoms with van der Waals surface area (Å²) in [5, 5.41) is 13.1. The molecule has 0 amide bonds. The minimum atomic E-state index is -0.695. The smallest absolute Gasteiger partial charge is 0.0765 e. The highest BCUT2D eigenvalue weighted by Gasteiger charge is 2.19. The van der Waals surface area contributed by atoms with Crippen LogP contribution < -0.4 is 10.2 Å². The number of hydrogen-bond acceptors (Lipinski definition) is 3. The quantitative estimate of drug-likeness (QED) is 0.847. The first-order valence-corrected chi connectivity index (χ1v) is 7.07. The molecule has 0 atom stereocenters. The largest absolute Gasteiger partial charge is 0.389 e. The van der Waals surface area contributed by atoms with Gasteiger partial charge >= 0.3 is 0 Å². The van der Waals surface area contributed by atoms with Crippen LogP contribution in [0.5, 0.6) is 0 Å². The molecule has 0 spiro atoms. The van der Waals surface area contributed by atoms with Crippen molar-refractivity contribution in [2.75, 3.05) is 25.0 Å². The van der Waals surface area contributed by atoms with Crippen LogP contribution in [0.4, 0.5) is 5.69 Å². The average Bonchev–Trinajstić information content (AvgIpc) is 2.26. The Labute approximate surface area is 118 Å².